The van der Waals surface area contributed by atoms with Crippen LogP contribution in [0, 0.1) is 0 Å². The Balaban J connectivity index is 2.50. The van der Waals surface area contributed by atoms with E-state index in [0.717, 1.165) is 25.7 Å². The summed E-state index contributed by atoms with van der Waals surface area (Å²) in [5.41, 5.74) is 0.352. The van der Waals surface area contributed by atoms with Crippen LogP contribution in [0.2, 0.25) is 0 Å². The summed E-state index contributed by atoms with van der Waals surface area (Å²) in [5, 5.41) is 2.63. The lowest BCUT2D eigenvalue weighted by Crippen LogP contribution is -2.14. The van der Waals surface area contributed by atoms with E-state index >= 15 is 0 Å². The van der Waals surface area contributed by atoms with Crippen LogP contribution < -0.4 is 5.32 Å². The molecular formula is C14H23N2O4P. The Bertz CT molecular complexity index is 502. The number of amides is 1. The van der Waals surface area contributed by atoms with E-state index in [-0.39, 0.29) is 11.7 Å². The predicted octanol–water partition coefficient (Wildman–Crippen LogP) is 3.06. The molecule has 21 heavy (non-hydrogen) atoms. The van der Waals surface area contributed by atoms with Gasteiger partial charge in [-0.2, -0.15) is 0 Å². The van der Waals surface area contributed by atoms with Crippen molar-refractivity contribution in [3.63, 3.8) is 0 Å². The molecule has 1 aromatic heterocycles. The van der Waals surface area contributed by atoms with Gasteiger partial charge in [-0.1, -0.05) is 38.7 Å². The summed E-state index contributed by atoms with van der Waals surface area (Å²) in [6.45, 7) is 2.14. The molecule has 0 spiro atoms. The van der Waals surface area contributed by atoms with Gasteiger partial charge in [0, 0.05) is 18.2 Å². The van der Waals surface area contributed by atoms with Crippen molar-refractivity contribution in [3.05, 3.63) is 23.9 Å². The minimum atomic E-state index is -4.18. The van der Waals surface area contributed by atoms with Crippen LogP contribution in [0.25, 0.3) is 0 Å². The largest absolute Gasteiger partial charge is 0.330 e. The van der Waals surface area contributed by atoms with Gasteiger partial charge in [0.2, 0.25) is 5.91 Å². The number of hydrogen-bond donors (Lipinski definition) is 3. The second-order valence-corrected chi connectivity index (χ2v) is 6.69. The summed E-state index contributed by atoms with van der Waals surface area (Å²) in [7, 11) is -4.18. The number of hydrogen-bond acceptors (Lipinski definition) is 3. The average molecular weight is 314 g/mol. The molecule has 0 aliphatic rings. The van der Waals surface area contributed by atoms with Gasteiger partial charge in [-0.05, 0) is 12.5 Å². The maximum absolute atomic E-state index is 11.8. The summed E-state index contributed by atoms with van der Waals surface area (Å²) in [6.07, 6.45) is 6.74. The number of rotatable bonds is 9. The maximum Gasteiger partial charge on any atom is 0.330 e. The number of anilines is 1. The third-order valence-corrected chi connectivity index (χ3v) is 3.79. The van der Waals surface area contributed by atoms with Crippen LogP contribution in [0.5, 0.6) is 0 Å². The van der Waals surface area contributed by atoms with E-state index in [9.17, 15) is 9.36 Å². The van der Waals surface area contributed by atoms with E-state index in [1.807, 2.05) is 0 Å². The van der Waals surface area contributed by atoms with Gasteiger partial charge in [0.25, 0.3) is 0 Å². The summed E-state index contributed by atoms with van der Waals surface area (Å²) in [5.74, 6) is 0.0662. The number of nitrogens with zero attached hydrogens (tertiary/aromatic N) is 1. The van der Waals surface area contributed by atoms with Gasteiger partial charge in [0.05, 0.1) is 6.16 Å². The quantitative estimate of drug-likeness (QED) is 0.480. The first-order valence-electron chi connectivity index (χ1n) is 7.20. The van der Waals surface area contributed by atoms with Crippen LogP contribution in [0.1, 0.15) is 51.0 Å². The molecule has 1 amide bonds. The number of aromatic nitrogens is 1. The highest BCUT2D eigenvalue weighted by molar-refractivity contribution is 7.50. The lowest BCUT2D eigenvalue weighted by Gasteiger charge is -2.10. The van der Waals surface area contributed by atoms with Crippen molar-refractivity contribution in [2.24, 2.45) is 0 Å². The summed E-state index contributed by atoms with van der Waals surface area (Å²) in [6, 6.07) is 3.15. The second-order valence-electron chi connectivity index (χ2n) is 5.05. The molecule has 7 heteroatoms. The summed E-state index contributed by atoms with van der Waals surface area (Å²) < 4.78 is 11.1. The van der Waals surface area contributed by atoms with Crippen molar-refractivity contribution < 1.29 is 19.1 Å². The van der Waals surface area contributed by atoms with Crippen LogP contribution in [0.15, 0.2) is 18.3 Å². The third-order valence-electron chi connectivity index (χ3n) is 3.03. The molecule has 0 fully saturated rings. The van der Waals surface area contributed by atoms with Gasteiger partial charge in [-0.15, -0.1) is 0 Å². The summed E-state index contributed by atoms with van der Waals surface area (Å²) >= 11 is 0. The fourth-order valence-corrected chi connectivity index (χ4v) is 2.68. The van der Waals surface area contributed by atoms with Crippen LogP contribution >= 0.6 is 7.60 Å². The number of pyridine rings is 1. The first-order chi connectivity index (χ1) is 9.92. The highest BCUT2D eigenvalue weighted by Crippen LogP contribution is 2.40. The Hall–Kier alpha value is -1.23. The van der Waals surface area contributed by atoms with Crippen molar-refractivity contribution in [3.8, 4) is 0 Å². The van der Waals surface area contributed by atoms with E-state index in [4.69, 9.17) is 9.79 Å². The van der Waals surface area contributed by atoms with E-state index in [1.165, 1.54) is 12.6 Å². The molecule has 1 aromatic rings. The van der Waals surface area contributed by atoms with Crippen LogP contribution in [-0.4, -0.2) is 20.7 Å². The first kappa shape index (κ1) is 17.8. The molecule has 0 aliphatic carbocycles. The normalized spacial score (nSPS) is 11.4. The van der Waals surface area contributed by atoms with Crippen molar-refractivity contribution >= 4 is 19.3 Å². The Morgan fingerprint density at radius 3 is 2.67 bits per heavy atom. The van der Waals surface area contributed by atoms with Gasteiger partial charge in [0.1, 0.15) is 5.82 Å². The molecule has 1 rings (SSSR count). The Kier molecular flexibility index (Phi) is 7.57. The highest BCUT2D eigenvalue weighted by atomic mass is 31.2. The van der Waals surface area contributed by atoms with Gasteiger partial charge in [-0.3, -0.25) is 9.36 Å². The van der Waals surface area contributed by atoms with Crippen molar-refractivity contribution in [2.45, 2.75) is 51.6 Å². The number of unbranched alkanes of at least 4 members (excludes halogenated alkanes) is 4. The fourth-order valence-electron chi connectivity index (χ4n) is 1.98. The van der Waals surface area contributed by atoms with E-state index in [2.05, 4.69) is 17.2 Å². The predicted molar refractivity (Wildman–Crippen MR) is 82.0 cm³/mol. The minimum absolute atomic E-state index is 0.169. The van der Waals surface area contributed by atoms with Crippen molar-refractivity contribution in [2.75, 3.05) is 5.32 Å². The van der Waals surface area contributed by atoms with Gasteiger partial charge >= 0.3 is 7.60 Å². The van der Waals surface area contributed by atoms with Gasteiger partial charge in [-0.25, -0.2) is 4.98 Å². The molecule has 0 saturated carbocycles. The van der Waals surface area contributed by atoms with E-state index in [0.29, 0.717) is 12.0 Å². The van der Waals surface area contributed by atoms with Gasteiger partial charge in [0.15, 0.2) is 0 Å². The number of carbonyl (C=O) groups is 1. The Morgan fingerprint density at radius 1 is 1.29 bits per heavy atom. The summed E-state index contributed by atoms with van der Waals surface area (Å²) in [4.78, 5) is 33.9. The molecule has 6 nitrogen and oxygen atoms in total. The molecule has 0 radical (unpaired) electrons. The smallest absolute Gasteiger partial charge is 0.324 e. The fraction of sp³-hybridized carbons (Fsp3) is 0.571. The van der Waals surface area contributed by atoms with E-state index in [1.54, 1.807) is 12.1 Å². The topological polar surface area (TPSA) is 99.5 Å². The monoisotopic (exact) mass is 314 g/mol. The molecule has 1 heterocycles. The lowest BCUT2D eigenvalue weighted by molar-refractivity contribution is -0.116. The number of carbonyl (C=O) groups excluding carboxylic acids is 1. The zero-order valence-corrected chi connectivity index (χ0v) is 13.2. The molecule has 0 saturated heterocycles. The molecule has 0 atom stereocenters. The highest BCUT2D eigenvalue weighted by Gasteiger charge is 2.18. The average Bonchev–Trinajstić information content (AvgIpc) is 2.39. The van der Waals surface area contributed by atoms with Crippen molar-refractivity contribution in [1.29, 1.82) is 0 Å². The Morgan fingerprint density at radius 2 is 2.00 bits per heavy atom. The molecule has 0 bridgehead atoms. The van der Waals surface area contributed by atoms with Crippen molar-refractivity contribution in [1.82, 2.24) is 4.98 Å². The minimum Gasteiger partial charge on any atom is -0.324 e. The molecule has 0 aromatic carbocycles. The third kappa shape index (κ3) is 7.95. The first-order valence-corrected chi connectivity index (χ1v) is 9.00. The van der Waals surface area contributed by atoms with Crippen LogP contribution in [0.3, 0.4) is 0 Å². The maximum atomic E-state index is 11.8. The van der Waals surface area contributed by atoms with E-state index < -0.39 is 13.8 Å². The lowest BCUT2D eigenvalue weighted by atomic mass is 10.1. The number of nitrogens with one attached hydrogen (secondary N) is 1. The second kappa shape index (κ2) is 8.93. The zero-order valence-electron chi connectivity index (χ0n) is 12.3. The van der Waals surface area contributed by atoms with Crippen LogP contribution in [-0.2, 0) is 15.5 Å². The van der Waals surface area contributed by atoms with Gasteiger partial charge < -0.3 is 15.1 Å². The Labute approximate surface area is 125 Å². The molecule has 0 aliphatic heterocycles. The standard InChI is InChI=1S/C14H23N2O4P/c1-2-3-4-5-6-9-13(17)16-14-12(8-7-10-15-14)11-21(18,19)20/h7-8,10H,2-6,9,11H2,1H3,(H,15,16,17)(H2,18,19,20). The molecule has 3 N–H and O–H groups in total. The SMILES string of the molecule is CCCCCCCC(=O)Nc1ncccc1CP(=O)(O)O. The zero-order chi connectivity index (χ0) is 15.7. The van der Waals surface area contributed by atoms with Crippen LogP contribution in [0.4, 0.5) is 5.82 Å². The molecule has 118 valence electrons. The molecular weight excluding hydrogens is 291 g/mol. The molecule has 0 unspecified atom stereocenters.